The molecular weight excluding hydrogens is 250 g/mol. The molecule has 0 fully saturated rings. The topological polar surface area (TPSA) is 38.3 Å². The fourth-order valence-electron chi connectivity index (χ4n) is 2.21. The molecular formula is C17H35NO2. The van der Waals surface area contributed by atoms with Crippen LogP contribution in [0.5, 0.6) is 0 Å². The lowest BCUT2D eigenvalue weighted by atomic mass is 10.0. The molecule has 0 aliphatic heterocycles. The fraction of sp³-hybridized carbons (Fsp3) is 0.941. The van der Waals surface area contributed by atoms with Crippen LogP contribution in [0.15, 0.2) is 0 Å². The predicted octanol–water partition coefficient (Wildman–Crippen LogP) is 4.31. The Labute approximate surface area is 125 Å². The van der Waals surface area contributed by atoms with Gasteiger partial charge in [0.2, 0.25) is 0 Å². The molecule has 0 aromatic heterocycles. The van der Waals surface area contributed by atoms with Crippen LogP contribution in [0.25, 0.3) is 0 Å². The molecule has 0 rings (SSSR count). The highest BCUT2D eigenvalue weighted by atomic mass is 16.5. The Morgan fingerprint density at radius 3 is 2.15 bits per heavy atom. The SMILES string of the molecule is CCOC(=O)CCCCCNCCCCCCC(C)C. The zero-order valence-corrected chi connectivity index (χ0v) is 13.9. The first-order valence-corrected chi connectivity index (χ1v) is 8.53. The quantitative estimate of drug-likeness (QED) is 0.382. The molecule has 0 unspecified atom stereocenters. The summed E-state index contributed by atoms with van der Waals surface area (Å²) < 4.78 is 4.89. The monoisotopic (exact) mass is 285 g/mol. The van der Waals surface area contributed by atoms with Gasteiger partial charge in [-0.3, -0.25) is 4.79 Å². The van der Waals surface area contributed by atoms with E-state index in [1.807, 2.05) is 6.92 Å². The maximum absolute atomic E-state index is 11.1. The Morgan fingerprint density at radius 2 is 1.55 bits per heavy atom. The summed E-state index contributed by atoms with van der Waals surface area (Å²) in [5.41, 5.74) is 0. The van der Waals surface area contributed by atoms with E-state index < -0.39 is 0 Å². The van der Waals surface area contributed by atoms with E-state index in [2.05, 4.69) is 19.2 Å². The van der Waals surface area contributed by atoms with Gasteiger partial charge >= 0.3 is 5.97 Å². The Hall–Kier alpha value is -0.570. The van der Waals surface area contributed by atoms with Crippen LogP contribution in [0.3, 0.4) is 0 Å². The van der Waals surface area contributed by atoms with Gasteiger partial charge in [0.1, 0.15) is 0 Å². The molecule has 0 saturated heterocycles. The zero-order chi connectivity index (χ0) is 15.1. The van der Waals surface area contributed by atoms with Crippen molar-refractivity contribution >= 4 is 5.97 Å². The number of carbonyl (C=O) groups is 1. The average Bonchev–Trinajstić information content (AvgIpc) is 2.40. The van der Waals surface area contributed by atoms with Gasteiger partial charge in [-0.25, -0.2) is 0 Å². The molecule has 0 amide bonds. The summed E-state index contributed by atoms with van der Waals surface area (Å²) in [7, 11) is 0. The third-order valence-corrected chi connectivity index (χ3v) is 3.42. The summed E-state index contributed by atoms with van der Waals surface area (Å²) >= 11 is 0. The number of hydrogen-bond donors (Lipinski definition) is 1. The van der Waals surface area contributed by atoms with Gasteiger partial charge in [0.25, 0.3) is 0 Å². The van der Waals surface area contributed by atoms with Crippen molar-refractivity contribution in [2.45, 2.75) is 78.6 Å². The van der Waals surface area contributed by atoms with Gasteiger partial charge in [0.15, 0.2) is 0 Å². The van der Waals surface area contributed by atoms with Crippen LogP contribution in [0.4, 0.5) is 0 Å². The smallest absolute Gasteiger partial charge is 0.305 e. The maximum atomic E-state index is 11.1. The van der Waals surface area contributed by atoms with E-state index in [1.165, 1.54) is 32.1 Å². The molecule has 0 saturated carbocycles. The van der Waals surface area contributed by atoms with Crippen LogP contribution < -0.4 is 5.32 Å². The van der Waals surface area contributed by atoms with Gasteiger partial charge in [-0.05, 0) is 45.2 Å². The second kappa shape index (κ2) is 14.8. The molecule has 20 heavy (non-hydrogen) atoms. The van der Waals surface area contributed by atoms with Crippen LogP contribution in [0.1, 0.15) is 78.6 Å². The predicted molar refractivity (Wildman–Crippen MR) is 85.9 cm³/mol. The van der Waals surface area contributed by atoms with Crippen molar-refractivity contribution in [3.05, 3.63) is 0 Å². The highest BCUT2D eigenvalue weighted by molar-refractivity contribution is 5.69. The van der Waals surface area contributed by atoms with Crippen molar-refractivity contribution in [2.24, 2.45) is 5.92 Å². The molecule has 0 aromatic carbocycles. The fourth-order valence-corrected chi connectivity index (χ4v) is 2.21. The van der Waals surface area contributed by atoms with Crippen molar-refractivity contribution in [1.29, 1.82) is 0 Å². The van der Waals surface area contributed by atoms with Crippen molar-refractivity contribution in [3.8, 4) is 0 Å². The van der Waals surface area contributed by atoms with Gasteiger partial charge in [-0.1, -0.05) is 46.0 Å². The summed E-state index contributed by atoms with van der Waals surface area (Å²) in [5, 5.41) is 3.48. The molecule has 0 atom stereocenters. The van der Waals surface area contributed by atoms with E-state index in [1.54, 1.807) is 0 Å². The second-order valence-electron chi connectivity index (χ2n) is 5.96. The lowest BCUT2D eigenvalue weighted by Crippen LogP contribution is -2.16. The first-order chi connectivity index (χ1) is 9.66. The summed E-state index contributed by atoms with van der Waals surface area (Å²) in [4.78, 5) is 11.1. The minimum atomic E-state index is -0.0538. The van der Waals surface area contributed by atoms with E-state index >= 15 is 0 Å². The molecule has 0 aliphatic rings. The minimum Gasteiger partial charge on any atom is -0.466 e. The zero-order valence-electron chi connectivity index (χ0n) is 13.9. The number of unbranched alkanes of at least 4 members (excludes halogenated alkanes) is 5. The van der Waals surface area contributed by atoms with Crippen molar-refractivity contribution < 1.29 is 9.53 Å². The van der Waals surface area contributed by atoms with Gasteiger partial charge in [0.05, 0.1) is 6.61 Å². The summed E-state index contributed by atoms with van der Waals surface area (Å²) in [6.45, 7) is 9.16. The standard InChI is InChI=1S/C17H35NO2/c1-4-20-17(19)13-9-7-11-15-18-14-10-6-5-8-12-16(2)3/h16,18H,4-15H2,1-3H3. The van der Waals surface area contributed by atoms with Crippen molar-refractivity contribution in [3.63, 3.8) is 0 Å². The first-order valence-electron chi connectivity index (χ1n) is 8.53. The summed E-state index contributed by atoms with van der Waals surface area (Å²) in [6.07, 6.45) is 10.6. The largest absolute Gasteiger partial charge is 0.466 e. The van der Waals surface area contributed by atoms with Gasteiger partial charge in [-0.15, -0.1) is 0 Å². The number of rotatable bonds is 14. The number of hydrogen-bond acceptors (Lipinski definition) is 3. The highest BCUT2D eigenvalue weighted by Crippen LogP contribution is 2.09. The number of ether oxygens (including phenoxy) is 1. The molecule has 0 bridgehead atoms. The molecule has 0 aromatic rings. The third-order valence-electron chi connectivity index (χ3n) is 3.42. The average molecular weight is 285 g/mol. The van der Waals surface area contributed by atoms with E-state index in [-0.39, 0.29) is 5.97 Å². The Morgan fingerprint density at radius 1 is 0.950 bits per heavy atom. The lowest BCUT2D eigenvalue weighted by molar-refractivity contribution is -0.143. The van der Waals surface area contributed by atoms with Crippen LogP contribution in [0.2, 0.25) is 0 Å². The molecule has 1 N–H and O–H groups in total. The van der Waals surface area contributed by atoms with Crippen molar-refractivity contribution in [2.75, 3.05) is 19.7 Å². The van der Waals surface area contributed by atoms with Crippen LogP contribution in [-0.2, 0) is 9.53 Å². The van der Waals surface area contributed by atoms with Crippen molar-refractivity contribution in [1.82, 2.24) is 5.32 Å². The van der Waals surface area contributed by atoms with Crippen LogP contribution in [-0.4, -0.2) is 25.7 Å². The summed E-state index contributed by atoms with van der Waals surface area (Å²) in [6, 6.07) is 0. The third kappa shape index (κ3) is 15.5. The van der Waals surface area contributed by atoms with Crippen LogP contribution in [0, 0.1) is 5.92 Å². The van der Waals surface area contributed by atoms with Crippen LogP contribution >= 0.6 is 0 Å². The molecule has 0 spiro atoms. The molecule has 0 radical (unpaired) electrons. The minimum absolute atomic E-state index is 0.0538. The molecule has 3 nitrogen and oxygen atoms in total. The first kappa shape index (κ1) is 19.4. The Kier molecular flexibility index (Phi) is 14.4. The lowest BCUT2D eigenvalue weighted by Gasteiger charge is -2.06. The normalized spacial score (nSPS) is 11.0. The highest BCUT2D eigenvalue weighted by Gasteiger charge is 2.00. The van der Waals surface area contributed by atoms with Gasteiger partial charge < -0.3 is 10.1 Å². The van der Waals surface area contributed by atoms with E-state index in [0.717, 1.165) is 38.3 Å². The Balaban J connectivity index is 3.04. The molecule has 120 valence electrons. The van der Waals surface area contributed by atoms with E-state index in [4.69, 9.17) is 4.74 Å². The van der Waals surface area contributed by atoms with E-state index in [9.17, 15) is 4.79 Å². The Bertz CT molecular complexity index is 217. The number of esters is 1. The van der Waals surface area contributed by atoms with E-state index in [0.29, 0.717) is 13.0 Å². The second-order valence-corrected chi connectivity index (χ2v) is 5.96. The summed E-state index contributed by atoms with van der Waals surface area (Å²) in [5.74, 6) is 0.796. The van der Waals surface area contributed by atoms with Gasteiger partial charge in [-0.2, -0.15) is 0 Å². The maximum Gasteiger partial charge on any atom is 0.305 e. The number of nitrogens with one attached hydrogen (secondary N) is 1. The number of carbonyl (C=O) groups excluding carboxylic acids is 1. The van der Waals surface area contributed by atoms with Gasteiger partial charge in [0, 0.05) is 6.42 Å². The molecule has 0 heterocycles. The molecule has 3 heteroatoms. The molecule has 0 aliphatic carbocycles.